The molecule has 0 unspecified atom stereocenters. The number of pyridine rings is 1. The molecule has 3 rings (SSSR count). The first kappa shape index (κ1) is 15.7. The summed E-state index contributed by atoms with van der Waals surface area (Å²) in [6.45, 7) is 0.762. The van der Waals surface area contributed by atoms with E-state index in [0.29, 0.717) is 6.42 Å². The van der Waals surface area contributed by atoms with Crippen LogP contribution >= 0.6 is 0 Å². The van der Waals surface area contributed by atoms with Crippen LogP contribution in [0.4, 0.5) is 0 Å². The van der Waals surface area contributed by atoms with Gasteiger partial charge < -0.3 is 5.32 Å². The van der Waals surface area contributed by atoms with E-state index >= 15 is 0 Å². The molecule has 2 aromatic heterocycles. The molecule has 0 saturated heterocycles. The fourth-order valence-corrected chi connectivity index (χ4v) is 3.05. The molecule has 2 heterocycles. The molecule has 0 atom stereocenters. The summed E-state index contributed by atoms with van der Waals surface area (Å²) in [7, 11) is 0. The molecule has 122 valence electrons. The van der Waals surface area contributed by atoms with Crippen molar-refractivity contribution in [1.82, 2.24) is 19.9 Å². The van der Waals surface area contributed by atoms with Crippen LogP contribution in [0.25, 0.3) is 5.65 Å². The zero-order valence-corrected chi connectivity index (χ0v) is 13.5. The molecule has 0 saturated carbocycles. The number of hydrogen-bond donors (Lipinski definition) is 1. The van der Waals surface area contributed by atoms with Crippen LogP contribution < -0.4 is 5.32 Å². The van der Waals surface area contributed by atoms with Crippen molar-refractivity contribution >= 4 is 11.6 Å². The Hall–Kier alpha value is -2.17. The van der Waals surface area contributed by atoms with Crippen LogP contribution in [-0.2, 0) is 11.2 Å². The van der Waals surface area contributed by atoms with Gasteiger partial charge in [0.15, 0.2) is 5.65 Å². The van der Waals surface area contributed by atoms with E-state index < -0.39 is 0 Å². The van der Waals surface area contributed by atoms with Gasteiger partial charge in [-0.3, -0.25) is 9.20 Å². The van der Waals surface area contributed by atoms with Crippen molar-refractivity contribution < 1.29 is 4.79 Å². The van der Waals surface area contributed by atoms with Crippen LogP contribution in [0.15, 0.2) is 36.0 Å². The van der Waals surface area contributed by atoms with E-state index in [2.05, 4.69) is 21.6 Å². The summed E-state index contributed by atoms with van der Waals surface area (Å²) >= 11 is 0. The van der Waals surface area contributed by atoms with Crippen molar-refractivity contribution in [3.05, 3.63) is 41.9 Å². The molecule has 2 aromatic rings. The Kier molecular flexibility index (Phi) is 5.40. The Balaban J connectivity index is 1.37. The average Bonchev–Trinajstić information content (AvgIpc) is 2.99. The molecule has 0 aromatic carbocycles. The number of fused-ring (bicyclic) bond motifs is 1. The second-order valence-corrected chi connectivity index (χ2v) is 6.11. The maximum absolute atomic E-state index is 11.9. The third-order valence-electron chi connectivity index (χ3n) is 4.34. The summed E-state index contributed by atoms with van der Waals surface area (Å²) in [5.74, 6) is 1.05. The van der Waals surface area contributed by atoms with Gasteiger partial charge in [-0.05, 0) is 50.7 Å². The lowest BCUT2D eigenvalue weighted by Gasteiger charge is -2.12. The van der Waals surface area contributed by atoms with E-state index in [9.17, 15) is 4.79 Å². The molecule has 0 radical (unpaired) electrons. The highest BCUT2D eigenvalue weighted by molar-refractivity contribution is 5.75. The van der Waals surface area contributed by atoms with Gasteiger partial charge in [-0.15, -0.1) is 10.2 Å². The maximum atomic E-state index is 11.9. The summed E-state index contributed by atoms with van der Waals surface area (Å²) in [6, 6.07) is 5.85. The molecular formula is C18H24N4O. The Morgan fingerprint density at radius 1 is 1.22 bits per heavy atom. The quantitative estimate of drug-likeness (QED) is 0.799. The van der Waals surface area contributed by atoms with Crippen molar-refractivity contribution in [2.75, 3.05) is 6.54 Å². The van der Waals surface area contributed by atoms with Gasteiger partial charge in [0.1, 0.15) is 5.82 Å². The monoisotopic (exact) mass is 312 g/mol. The van der Waals surface area contributed by atoms with Gasteiger partial charge in [0.2, 0.25) is 5.91 Å². The average molecular weight is 312 g/mol. The number of nitrogens with zero attached hydrogens (tertiary/aromatic N) is 3. The molecule has 5 heteroatoms. The predicted molar refractivity (Wildman–Crippen MR) is 90.1 cm³/mol. The molecule has 0 spiro atoms. The van der Waals surface area contributed by atoms with Gasteiger partial charge in [-0.25, -0.2) is 0 Å². The van der Waals surface area contributed by atoms with E-state index in [1.165, 1.54) is 31.3 Å². The number of nitrogens with one attached hydrogen (secondary N) is 1. The first-order valence-electron chi connectivity index (χ1n) is 8.56. The standard InChI is InChI=1S/C18H24N4O/c23-18(19-13-12-15-7-2-1-3-8-15)11-6-10-17-21-20-16-9-4-5-14-22(16)17/h4-5,7,9,14H,1-3,6,8,10-13H2,(H,19,23). The van der Waals surface area contributed by atoms with E-state index in [-0.39, 0.29) is 5.91 Å². The lowest BCUT2D eigenvalue weighted by Crippen LogP contribution is -2.24. The molecule has 1 N–H and O–H groups in total. The maximum Gasteiger partial charge on any atom is 0.220 e. The number of carbonyl (C=O) groups excluding carboxylic acids is 1. The van der Waals surface area contributed by atoms with E-state index in [1.54, 1.807) is 0 Å². The lowest BCUT2D eigenvalue weighted by molar-refractivity contribution is -0.121. The van der Waals surface area contributed by atoms with Gasteiger partial charge in [-0.2, -0.15) is 0 Å². The Morgan fingerprint density at radius 3 is 3.04 bits per heavy atom. The van der Waals surface area contributed by atoms with Gasteiger partial charge in [-0.1, -0.05) is 17.7 Å². The number of rotatable bonds is 7. The fraction of sp³-hybridized carbons (Fsp3) is 0.500. The molecule has 0 bridgehead atoms. The van der Waals surface area contributed by atoms with E-state index in [1.807, 2.05) is 28.8 Å². The first-order chi connectivity index (χ1) is 11.3. The van der Waals surface area contributed by atoms with Crippen LogP contribution in [0.2, 0.25) is 0 Å². The van der Waals surface area contributed by atoms with E-state index in [0.717, 1.165) is 37.3 Å². The van der Waals surface area contributed by atoms with Gasteiger partial charge >= 0.3 is 0 Å². The van der Waals surface area contributed by atoms with Crippen molar-refractivity contribution in [2.24, 2.45) is 0 Å². The van der Waals surface area contributed by atoms with E-state index in [4.69, 9.17) is 0 Å². The zero-order valence-electron chi connectivity index (χ0n) is 13.5. The molecule has 5 nitrogen and oxygen atoms in total. The Labute approximate surface area is 136 Å². The fourth-order valence-electron chi connectivity index (χ4n) is 3.05. The summed E-state index contributed by atoms with van der Waals surface area (Å²) in [5, 5.41) is 11.3. The Morgan fingerprint density at radius 2 is 2.17 bits per heavy atom. The highest BCUT2D eigenvalue weighted by Gasteiger charge is 2.07. The second-order valence-electron chi connectivity index (χ2n) is 6.11. The van der Waals surface area contributed by atoms with Crippen molar-refractivity contribution in [3.8, 4) is 0 Å². The molecule has 1 aliphatic rings. The molecule has 1 aliphatic carbocycles. The number of hydrogen-bond acceptors (Lipinski definition) is 3. The topological polar surface area (TPSA) is 59.3 Å². The van der Waals surface area contributed by atoms with Crippen molar-refractivity contribution in [2.45, 2.75) is 51.4 Å². The third-order valence-corrected chi connectivity index (χ3v) is 4.34. The van der Waals surface area contributed by atoms with Crippen LogP contribution in [0, 0.1) is 0 Å². The summed E-state index contributed by atoms with van der Waals surface area (Å²) in [6.07, 6.45) is 12.4. The lowest BCUT2D eigenvalue weighted by atomic mass is 9.97. The third kappa shape index (κ3) is 4.41. The number of allylic oxidation sites excluding steroid dienone is 1. The Bertz CT molecular complexity index is 689. The van der Waals surface area contributed by atoms with Gasteiger partial charge in [0, 0.05) is 25.6 Å². The zero-order chi connectivity index (χ0) is 15.9. The SMILES string of the molecule is O=C(CCCc1nnc2ccccn12)NCCC1=CCCCC1. The second kappa shape index (κ2) is 7.90. The smallest absolute Gasteiger partial charge is 0.220 e. The molecule has 0 fully saturated rings. The van der Waals surface area contributed by atoms with Crippen LogP contribution in [0.1, 0.15) is 50.8 Å². The van der Waals surface area contributed by atoms with Crippen LogP contribution in [0.5, 0.6) is 0 Å². The van der Waals surface area contributed by atoms with Crippen molar-refractivity contribution in [3.63, 3.8) is 0 Å². The number of aryl methyl sites for hydroxylation is 1. The normalized spacial score (nSPS) is 14.7. The largest absolute Gasteiger partial charge is 0.356 e. The minimum Gasteiger partial charge on any atom is -0.356 e. The van der Waals surface area contributed by atoms with Crippen LogP contribution in [0.3, 0.4) is 0 Å². The highest BCUT2D eigenvalue weighted by atomic mass is 16.1. The molecule has 1 amide bonds. The number of amides is 1. The van der Waals surface area contributed by atoms with Gasteiger partial charge in [0.25, 0.3) is 0 Å². The highest BCUT2D eigenvalue weighted by Crippen LogP contribution is 2.19. The molecular weight excluding hydrogens is 288 g/mol. The van der Waals surface area contributed by atoms with Crippen molar-refractivity contribution in [1.29, 1.82) is 0 Å². The summed E-state index contributed by atoms with van der Waals surface area (Å²) in [4.78, 5) is 11.9. The van der Waals surface area contributed by atoms with Crippen LogP contribution in [-0.4, -0.2) is 27.0 Å². The minimum absolute atomic E-state index is 0.134. The summed E-state index contributed by atoms with van der Waals surface area (Å²) < 4.78 is 1.98. The predicted octanol–water partition coefficient (Wildman–Crippen LogP) is 3.06. The summed E-state index contributed by atoms with van der Waals surface area (Å²) in [5.41, 5.74) is 2.36. The molecule has 0 aliphatic heterocycles. The first-order valence-corrected chi connectivity index (χ1v) is 8.56. The minimum atomic E-state index is 0.134. The number of aromatic nitrogens is 3. The van der Waals surface area contributed by atoms with Gasteiger partial charge in [0.05, 0.1) is 0 Å². The number of carbonyl (C=O) groups is 1. The molecule has 23 heavy (non-hydrogen) atoms.